The van der Waals surface area contributed by atoms with Gasteiger partial charge in [-0.3, -0.25) is 14.7 Å². The standard InChI is InChI=1S/C13H22N4O3S/c1-4-17-11(19)15-16-12(17)21-8-13(3,10(18)20-5-2)14-9-6-7-9/h9,14H,4-8H2,1-3H3,(H,15,19). The van der Waals surface area contributed by atoms with Crippen molar-refractivity contribution in [1.82, 2.24) is 20.1 Å². The van der Waals surface area contributed by atoms with Crippen molar-refractivity contribution in [2.45, 2.75) is 56.9 Å². The van der Waals surface area contributed by atoms with E-state index >= 15 is 0 Å². The number of hydrogen-bond donors (Lipinski definition) is 2. The van der Waals surface area contributed by atoms with Crippen molar-refractivity contribution in [1.29, 1.82) is 0 Å². The van der Waals surface area contributed by atoms with Gasteiger partial charge in [0.2, 0.25) is 0 Å². The molecule has 1 saturated carbocycles. The van der Waals surface area contributed by atoms with Crippen molar-refractivity contribution < 1.29 is 9.53 Å². The van der Waals surface area contributed by atoms with E-state index < -0.39 is 5.54 Å². The largest absolute Gasteiger partial charge is 0.465 e. The van der Waals surface area contributed by atoms with Gasteiger partial charge in [0.15, 0.2) is 5.16 Å². The summed E-state index contributed by atoms with van der Waals surface area (Å²) in [7, 11) is 0. The van der Waals surface area contributed by atoms with E-state index in [1.54, 1.807) is 11.5 Å². The van der Waals surface area contributed by atoms with Gasteiger partial charge < -0.3 is 4.74 Å². The smallest absolute Gasteiger partial charge is 0.343 e. The first-order chi connectivity index (χ1) is 10.00. The van der Waals surface area contributed by atoms with Crippen LogP contribution in [0.25, 0.3) is 0 Å². The topological polar surface area (TPSA) is 89.0 Å². The number of ether oxygens (including phenoxy) is 1. The highest BCUT2D eigenvalue weighted by Gasteiger charge is 2.40. The molecule has 1 heterocycles. The third-order valence-corrected chi connectivity index (χ3v) is 4.65. The Labute approximate surface area is 127 Å². The summed E-state index contributed by atoms with van der Waals surface area (Å²) in [6.07, 6.45) is 2.17. The van der Waals surface area contributed by atoms with E-state index in [1.165, 1.54) is 11.8 Å². The van der Waals surface area contributed by atoms with Crippen LogP contribution in [0.4, 0.5) is 0 Å². The van der Waals surface area contributed by atoms with Crippen LogP contribution in [-0.4, -0.2) is 44.7 Å². The Hall–Kier alpha value is -1.28. The van der Waals surface area contributed by atoms with Crippen LogP contribution in [0, 0.1) is 0 Å². The minimum atomic E-state index is -0.768. The molecule has 1 aromatic rings. The molecular formula is C13H22N4O3S. The maximum atomic E-state index is 12.2. The quantitative estimate of drug-likeness (QED) is 0.544. The van der Waals surface area contributed by atoms with E-state index in [-0.39, 0.29) is 11.7 Å². The van der Waals surface area contributed by atoms with E-state index in [0.29, 0.717) is 30.1 Å². The number of H-pyrrole nitrogens is 1. The zero-order valence-electron chi connectivity index (χ0n) is 12.6. The number of nitrogens with zero attached hydrogens (tertiary/aromatic N) is 2. The number of thioether (sulfide) groups is 1. The summed E-state index contributed by atoms with van der Waals surface area (Å²) in [5.41, 5.74) is -0.997. The Morgan fingerprint density at radius 1 is 1.57 bits per heavy atom. The molecule has 1 aliphatic rings. The maximum Gasteiger partial charge on any atom is 0.343 e. The van der Waals surface area contributed by atoms with Gasteiger partial charge in [0.05, 0.1) is 6.61 Å². The fraction of sp³-hybridized carbons (Fsp3) is 0.769. The van der Waals surface area contributed by atoms with Gasteiger partial charge >= 0.3 is 11.7 Å². The molecule has 0 amide bonds. The monoisotopic (exact) mass is 314 g/mol. The fourth-order valence-electron chi connectivity index (χ4n) is 2.03. The maximum absolute atomic E-state index is 12.2. The molecule has 0 radical (unpaired) electrons. The number of carbonyl (C=O) groups is 1. The lowest BCUT2D eigenvalue weighted by Gasteiger charge is -2.28. The summed E-state index contributed by atoms with van der Waals surface area (Å²) in [6, 6.07) is 0.382. The molecule has 8 heteroatoms. The predicted molar refractivity (Wildman–Crippen MR) is 80.4 cm³/mol. The molecule has 21 heavy (non-hydrogen) atoms. The van der Waals surface area contributed by atoms with Crippen LogP contribution in [-0.2, 0) is 16.1 Å². The molecule has 1 unspecified atom stereocenters. The minimum absolute atomic E-state index is 0.229. The van der Waals surface area contributed by atoms with Crippen molar-refractivity contribution >= 4 is 17.7 Å². The molecule has 2 N–H and O–H groups in total. The van der Waals surface area contributed by atoms with E-state index in [1.807, 2.05) is 13.8 Å². The molecule has 7 nitrogen and oxygen atoms in total. The molecular weight excluding hydrogens is 292 g/mol. The van der Waals surface area contributed by atoms with Gasteiger partial charge in [-0.15, -0.1) is 5.10 Å². The van der Waals surface area contributed by atoms with Gasteiger partial charge in [0, 0.05) is 18.3 Å². The first-order valence-corrected chi connectivity index (χ1v) is 8.21. The van der Waals surface area contributed by atoms with Gasteiger partial charge in [0.1, 0.15) is 5.54 Å². The molecule has 1 aliphatic carbocycles. The second-order valence-electron chi connectivity index (χ2n) is 5.32. The average molecular weight is 314 g/mol. The van der Waals surface area contributed by atoms with E-state index in [9.17, 15) is 9.59 Å². The summed E-state index contributed by atoms with van der Waals surface area (Å²) in [4.78, 5) is 23.8. The van der Waals surface area contributed by atoms with E-state index in [2.05, 4.69) is 15.5 Å². The summed E-state index contributed by atoms with van der Waals surface area (Å²) < 4.78 is 6.72. The first-order valence-electron chi connectivity index (χ1n) is 7.23. The highest BCUT2D eigenvalue weighted by atomic mass is 32.2. The van der Waals surface area contributed by atoms with Crippen molar-refractivity contribution in [2.75, 3.05) is 12.4 Å². The summed E-state index contributed by atoms with van der Waals surface area (Å²) >= 11 is 1.38. The van der Waals surface area contributed by atoms with Crippen LogP contribution in [0.2, 0.25) is 0 Å². The minimum Gasteiger partial charge on any atom is -0.465 e. The lowest BCUT2D eigenvalue weighted by Crippen LogP contribution is -2.53. The molecule has 118 valence electrons. The molecule has 1 atom stereocenters. The van der Waals surface area contributed by atoms with Crippen molar-refractivity contribution in [3.63, 3.8) is 0 Å². The number of esters is 1. The van der Waals surface area contributed by atoms with Crippen LogP contribution in [0.5, 0.6) is 0 Å². The normalized spacial score (nSPS) is 17.5. The number of hydrogen-bond acceptors (Lipinski definition) is 6. The molecule has 0 bridgehead atoms. The van der Waals surface area contributed by atoms with Gasteiger partial charge in [-0.25, -0.2) is 9.89 Å². The SMILES string of the molecule is CCOC(=O)C(C)(CSc1n[nH]c(=O)n1CC)NC1CC1. The summed E-state index contributed by atoms with van der Waals surface area (Å²) in [6.45, 7) is 6.42. The third kappa shape index (κ3) is 3.88. The highest BCUT2D eigenvalue weighted by Crippen LogP contribution is 2.27. The van der Waals surface area contributed by atoms with Crippen molar-refractivity contribution in [3.8, 4) is 0 Å². The van der Waals surface area contributed by atoms with Crippen LogP contribution < -0.4 is 11.0 Å². The first kappa shape index (κ1) is 16.1. The lowest BCUT2D eigenvalue weighted by molar-refractivity contribution is -0.149. The molecule has 0 aromatic carbocycles. The lowest BCUT2D eigenvalue weighted by atomic mass is 10.1. The van der Waals surface area contributed by atoms with Gasteiger partial charge in [0.25, 0.3) is 0 Å². The van der Waals surface area contributed by atoms with Crippen molar-refractivity contribution in [3.05, 3.63) is 10.5 Å². The number of aromatic nitrogens is 3. The Morgan fingerprint density at radius 2 is 2.29 bits per heavy atom. The Balaban J connectivity index is 2.07. The van der Waals surface area contributed by atoms with Crippen LogP contribution >= 0.6 is 11.8 Å². The Morgan fingerprint density at radius 3 is 2.86 bits per heavy atom. The fourth-order valence-corrected chi connectivity index (χ4v) is 3.13. The van der Waals surface area contributed by atoms with Crippen LogP contribution in [0.3, 0.4) is 0 Å². The molecule has 1 aromatic heterocycles. The van der Waals surface area contributed by atoms with Crippen LogP contribution in [0.15, 0.2) is 9.95 Å². The molecule has 0 saturated heterocycles. The zero-order valence-corrected chi connectivity index (χ0v) is 13.5. The number of rotatable bonds is 8. The number of nitrogens with one attached hydrogen (secondary N) is 2. The van der Waals surface area contributed by atoms with Crippen LogP contribution in [0.1, 0.15) is 33.6 Å². The average Bonchev–Trinajstić information content (AvgIpc) is 3.18. The Kier molecular flexibility index (Phi) is 5.10. The van der Waals surface area contributed by atoms with Gasteiger partial charge in [-0.1, -0.05) is 11.8 Å². The van der Waals surface area contributed by atoms with E-state index in [0.717, 1.165) is 12.8 Å². The number of carbonyl (C=O) groups excluding carboxylic acids is 1. The third-order valence-electron chi connectivity index (χ3n) is 3.36. The highest BCUT2D eigenvalue weighted by molar-refractivity contribution is 7.99. The summed E-state index contributed by atoms with van der Waals surface area (Å²) in [5.74, 6) is 0.206. The molecule has 2 rings (SSSR count). The molecule has 0 spiro atoms. The molecule has 0 aliphatic heterocycles. The zero-order chi connectivity index (χ0) is 15.5. The van der Waals surface area contributed by atoms with E-state index in [4.69, 9.17) is 4.74 Å². The number of aromatic amines is 1. The molecule has 1 fully saturated rings. The second-order valence-corrected chi connectivity index (χ2v) is 6.26. The van der Waals surface area contributed by atoms with Crippen molar-refractivity contribution in [2.24, 2.45) is 0 Å². The predicted octanol–water partition coefficient (Wildman–Crippen LogP) is 0.757. The summed E-state index contributed by atoms with van der Waals surface area (Å²) in [5, 5.41) is 10.4. The van der Waals surface area contributed by atoms with Gasteiger partial charge in [-0.05, 0) is 33.6 Å². The second kappa shape index (κ2) is 6.65. The Bertz CT molecular complexity index is 552. The van der Waals surface area contributed by atoms with Gasteiger partial charge in [-0.2, -0.15) is 0 Å².